The van der Waals surface area contributed by atoms with E-state index in [-0.39, 0.29) is 18.5 Å². The summed E-state index contributed by atoms with van der Waals surface area (Å²) in [7, 11) is 0. The van der Waals surface area contributed by atoms with Crippen molar-refractivity contribution < 1.29 is 4.79 Å². The zero-order valence-electron chi connectivity index (χ0n) is 10.5. The summed E-state index contributed by atoms with van der Waals surface area (Å²) >= 11 is 0. The maximum atomic E-state index is 11.8. The van der Waals surface area contributed by atoms with Gasteiger partial charge >= 0.3 is 0 Å². The third-order valence-corrected chi connectivity index (χ3v) is 2.78. The van der Waals surface area contributed by atoms with Gasteiger partial charge in [0, 0.05) is 6.54 Å². The maximum Gasteiger partial charge on any atom is 0.237 e. The number of nitrogens with zero attached hydrogens (tertiary/aromatic N) is 1. The Balaban J connectivity index is 2.86. The summed E-state index contributed by atoms with van der Waals surface area (Å²) in [5, 5.41) is 0. The van der Waals surface area contributed by atoms with Crippen molar-refractivity contribution in [1.29, 1.82) is 0 Å². The lowest BCUT2D eigenvalue weighted by molar-refractivity contribution is -0.131. The van der Waals surface area contributed by atoms with Crippen LogP contribution < -0.4 is 5.73 Å². The molecular weight excluding hydrogens is 212 g/mol. The molecule has 3 nitrogen and oxygen atoms in total. The lowest BCUT2D eigenvalue weighted by Crippen LogP contribution is -2.38. The van der Waals surface area contributed by atoms with Crippen LogP contribution in [0.1, 0.15) is 25.5 Å². The summed E-state index contributed by atoms with van der Waals surface area (Å²) in [5.74, 6) is -0.0283. The average molecular weight is 232 g/mol. The zero-order chi connectivity index (χ0) is 12.7. The Morgan fingerprint density at radius 2 is 2.06 bits per heavy atom. The van der Waals surface area contributed by atoms with Crippen molar-refractivity contribution in [2.45, 2.75) is 19.9 Å². The molecule has 0 radical (unpaired) electrons. The highest BCUT2D eigenvalue weighted by Crippen LogP contribution is 2.19. The molecule has 0 aliphatic carbocycles. The van der Waals surface area contributed by atoms with E-state index in [4.69, 9.17) is 5.73 Å². The molecule has 17 heavy (non-hydrogen) atoms. The van der Waals surface area contributed by atoms with Crippen LogP contribution in [0.4, 0.5) is 0 Å². The number of allylic oxidation sites excluding steroid dienone is 1. The van der Waals surface area contributed by atoms with Gasteiger partial charge in [-0.1, -0.05) is 42.5 Å². The lowest BCUT2D eigenvalue weighted by Gasteiger charge is -2.28. The molecule has 0 unspecified atom stereocenters. The third-order valence-electron chi connectivity index (χ3n) is 2.78. The first-order valence-electron chi connectivity index (χ1n) is 5.86. The summed E-state index contributed by atoms with van der Waals surface area (Å²) in [6, 6.07) is 10.0. The van der Waals surface area contributed by atoms with E-state index in [1.54, 1.807) is 4.90 Å². The summed E-state index contributed by atoms with van der Waals surface area (Å²) in [5.41, 5.74) is 6.57. The number of rotatable bonds is 5. The number of carbonyl (C=O) groups excluding carboxylic acids is 1. The predicted molar refractivity (Wildman–Crippen MR) is 70.4 cm³/mol. The minimum atomic E-state index is -0.0283. The molecule has 0 saturated carbocycles. The first kappa shape index (κ1) is 13.5. The molecule has 1 rings (SSSR count). The molecule has 2 N–H and O–H groups in total. The van der Waals surface area contributed by atoms with Gasteiger partial charge in [0.25, 0.3) is 0 Å². The molecule has 0 aliphatic rings. The van der Waals surface area contributed by atoms with Gasteiger partial charge in [-0.15, -0.1) is 0 Å². The van der Waals surface area contributed by atoms with Crippen molar-refractivity contribution >= 4 is 5.91 Å². The summed E-state index contributed by atoms with van der Waals surface area (Å²) in [4.78, 5) is 13.6. The molecule has 1 atom stereocenters. The first-order valence-corrected chi connectivity index (χ1v) is 5.86. The quantitative estimate of drug-likeness (QED) is 0.790. The minimum Gasteiger partial charge on any atom is -0.331 e. The number of carbonyl (C=O) groups is 1. The number of amides is 1. The first-order chi connectivity index (χ1) is 8.20. The summed E-state index contributed by atoms with van der Waals surface area (Å²) in [6.45, 7) is 4.61. The van der Waals surface area contributed by atoms with Crippen molar-refractivity contribution in [2.24, 2.45) is 5.73 Å². The Labute approximate surface area is 103 Å². The molecule has 1 amide bonds. The van der Waals surface area contributed by atoms with Gasteiger partial charge < -0.3 is 10.6 Å². The second-order valence-electron chi connectivity index (χ2n) is 3.91. The Morgan fingerprint density at radius 1 is 1.41 bits per heavy atom. The Morgan fingerprint density at radius 3 is 2.59 bits per heavy atom. The van der Waals surface area contributed by atoms with Gasteiger partial charge in [0.05, 0.1) is 12.6 Å². The minimum absolute atomic E-state index is 0.0283. The number of hydrogen-bond donors (Lipinski definition) is 1. The van der Waals surface area contributed by atoms with Crippen molar-refractivity contribution in [3.05, 3.63) is 48.0 Å². The molecule has 0 fully saturated rings. The number of hydrogen-bond acceptors (Lipinski definition) is 2. The van der Waals surface area contributed by atoms with Crippen LogP contribution in [0.2, 0.25) is 0 Å². The molecule has 0 saturated heterocycles. The van der Waals surface area contributed by atoms with Crippen LogP contribution in [0.25, 0.3) is 0 Å². The van der Waals surface area contributed by atoms with Gasteiger partial charge in [-0.2, -0.15) is 0 Å². The highest BCUT2D eigenvalue weighted by Gasteiger charge is 2.18. The third kappa shape index (κ3) is 3.71. The van der Waals surface area contributed by atoms with Gasteiger partial charge in [0.15, 0.2) is 0 Å². The molecular formula is C14H20N2O. The highest BCUT2D eigenvalue weighted by atomic mass is 16.2. The fourth-order valence-electron chi connectivity index (χ4n) is 1.72. The highest BCUT2D eigenvalue weighted by molar-refractivity contribution is 5.78. The molecule has 0 aliphatic heterocycles. The predicted octanol–water partition coefficient (Wildman–Crippen LogP) is 2.11. The van der Waals surface area contributed by atoms with Crippen LogP contribution >= 0.6 is 0 Å². The van der Waals surface area contributed by atoms with Crippen LogP contribution in [0.15, 0.2) is 42.5 Å². The Bertz CT molecular complexity index is 373. The molecule has 1 aromatic rings. The largest absolute Gasteiger partial charge is 0.331 e. The molecule has 0 aromatic heterocycles. The van der Waals surface area contributed by atoms with Gasteiger partial charge in [-0.3, -0.25) is 4.79 Å². The van der Waals surface area contributed by atoms with E-state index in [2.05, 4.69) is 0 Å². The van der Waals surface area contributed by atoms with Gasteiger partial charge in [-0.05, 0) is 19.4 Å². The molecule has 0 spiro atoms. The SMILES string of the molecule is C/C=C/CN(C(=O)CN)[C@@H](C)c1ccccc1. The number of benzene rings is 1. The van der Waals surface area contributed by atoms with Crippen molar-refractivity contribution in [1.82, 2.24) is 4.90 Å². The standard InChI is InChI=1S/C14H20N2O/c1-3-4-10-16(14(17)11-15)12(2)13-8-6-5-7-9-13/h3-9,12H,10-11,15H2,1-2H3/b4-3+/t12-/m0/s1. The van der Waals surface area contributed by atoms with E-state index < -0.39 is 0 Å². The number of nitrogens with two attached hydrogens (primary N) is 1. The Kier molecular flexibility index (Phi) is 5.43. The van der Waals surface area contributed by atoms with Crippen molar-refractivity contribution in [3.8, 4) is 0 Å². The van der Waals surface area contributed by atoms with Crippen LogP contribution in [-0.2, 0) is 4.79 Å². The molecule has 3 heteroatoms. The Hall–Kier alpha value is -1.61. The molecule has 1 aromatic carbocycles. The second kappa shape index (κ2) is 6.86. The van der Waals surface area contributed by atoms with E-state index in [9.17, 15) is 4.79 Å². The zero-order valence-corrected chi connectivity index (χ0v) is 10.5. The van der Waals surface area contributed by atoms with E-state index >= 15 is 0 Å². The molecule has 0 bridgehead atoms. The monoisotopic (exact) mass is 232 g/mol. The van der Waals surface area contributed by atoms with Gasteiger partial charge in [0.2, 0.25) is 5.91 Å². The van der Waals surface area contributed by atoms with E-state index in [0.29, 0.717) is 6.54 Å². The fourth-order valence-corrected chi connectivity index (χ4v) is 1.72. The van der Waals surface area contributed by atoms with E-state index in [0.717, 1.165) is 5.56 Å². The summed E-state index contributed by atoms with van der Waals surface area (Å²) in [6.07, 6.45) is 3.90. The normalized spacial score (nSPS) is 12.6. The topological polar surface area (TPSA) is 46.3 Å². The van der Waals surface area contributed by atoms with E-state index in [1.807, 2.05) is 56.3 Å². The van der Waals surface area contributed by atoms with Crippen molar-refractivity contribution in [2.75, 3.05) is 13.1 Å². The lowest BCUT2D eigenvalue weighted by atomic mass is 10.1. The van der Waals surface area contributed by atoms with Crippen LogP contribution in [-0.4, -0.2) is 23.9 Å². The molecule has 92 valence electrons. The smallest absolute Gasteiger partial charge is 0.237 e. The molecule has 0 heterocycles. The van der Waals surface area contributed by atoms with E-state index in [1.165, 1.54) is 0 Å². The second-order valence-corrected chi connectivity index (χ2v) is 3.91. The van der Waals surface area contributed by atoms with Crippen LogP contribution in [0, 0.1) is 0 Å². The van der Waals surface area contributed by atoms with Gasteiger partial charge in [0.1, 0.15) is 0 Å². The maximum absolute atomic E-state index is 11.8. The van der Waals surface area contributed by atoms with Gasteiger partial charge in [-0.25, -0.2) is 0 Å². The van der Waals surface area contributed by atoms with Crippen LogP contribution in [0.5, 0.6) is 0 Å². The summed E-state index contributed by atoms with van der Waals surface area (Å²) < 4.78 is 0. The fraction of sp³-hybridized carbons (Fsp3) is 0.357. The van der Waals surface area contributed by atoms with Crippen LogP contribution in [0.3, 0.4) is 0 Å². The van der Waals surface area contributed by atoms with Crippen molar-refractivity contribution in [3.63, 3.8) is 0 Å². The average Bonchev–Trinajstić information content (AvgIpc) is 2.39.